The van der Waals surface area contributed by atoms with Gasteiger partial charge in [0.1, 0.15) is 0 Å². The van der Waals surface area contributed by atoms with Gasteiger partial charge in [-0.15, -0.1) is 0 Å². The Morgan fingerprint density at radius 3 is 2.40 bits per heavy atom. The van der Waals surface area contributed by atoms with Gasteiger partial charge in [-0.25, -0.2) is 8.78 Å². The van der Waals surface area contributed by atoms with Gasteiger partial charge in [0.15, 0.2) is 11.6 Å². The first-order chi connectivity index (χ1) is 9.46. The zero-order valence-electron chi connectivity index (χ0n) is 11.8. The summed E-state index contributed by atoms with van der Waals surface area (Å²) in [5, 5.41) is 3.69. The van der Waals surface area contributed by atoms with Crippen molar-refractivity contribution in [1.29, 1.82) is 0 Å². The number of alkyl halides is 1. The van der Waals surface area contributed by atoms with Crippen LogP contribution < -0.4 is 5.32 Å². The molecule has 0 saturated carbocycles. The van der Waals surface area contributed by atoms with E-state index >= 15 is 0 Å². The molecule has 0 spiro atoms. The highest BCUT2D eigenvalue weighted by atomic mass is 79.9. The molecule has 2 nitrogen and oxygen atoms in total. The summed E-state index contributed by atoms with van der Waals surface area (Å²) in [4.78, 5) is 11.9. The Labute approximate surface area is 127 Å². The highest BCUT2D eigenvalue weighted by Crippen LogP contribution is 2.27. The Kier molecular flexibility index (Phi) is 6.59. The molecule has 0 fully saturated rings. The van der Waals surface area contributed by atoms with Gasteiger partial charge in [0.05, 0.1) is 6.42 Å². The van der Waals surface area contributed by atoms with Crippen LogP contribution in [0, 0.1) is 17.0 Å². The second-order valence-electron chi connectivity index (χ2n) is 5.04. The first-order valence-corrected chi connectivity index (χ1v) is 7.85. The Balaban J connectivity index is 2.57. The lowest BCUT2D eigenvalue weighted by atomic mass is 9.84. The van der Waals surface area contributed by atoms with E-state index in [4.69, 9.17) is 0 Å². The van der Waals surface area contributed by atoms with Crippen molar-refractivity contribution in [2.24, 2.45) is 5.41 Å². The molecule has 1 rings (SSSR count). The zero-order chi connectivity index (χ0) is 15.2. The van der Waals surface area contributed by atoms with Crippen LogP contribution in [0.4, 0.5) is 8.78 Å². The van der Waals surface area contributed by atoms with E-state index in [1.807, 2.05) is 0 Å². The van der Waals surface area contributed by atoms with Crippen molar-refractivity contribution in [3.63, 3.8) is 0 Å². The van der Waals surface area contributed by atoms with Gasteiger partial charge in [-0.2, -0.15) is 0 Å². The van der Waals surface area contributed by atoms with Gasteiger partial charge < -0.3 is 5.32 Å². The van der Waals surface area contributed by atoms with Gasteiger partial charge >= 0.3 is 0 Å². The minimum atomic E-state index is -0.924. The summed E-state index contributed by atoms with van der Waals surface area (Å²) in [6, 6.07) is 3.53. The highest BCUT2D eigenvalue weighted by Gasteiger charge is 2.25. The van der Waals surface area contributed by atoms with Gasteiger partial charge in [-0.05, 0) is 36.0 Å². The molecule has 1 aromatic rings. The minimum Gasteiger partial charge on any atom is -0.355 e. The Hall–Kier alpha value is -0.970. The molecule has 1 amide bonds. The Morgan fingerprint density at radius 1 is 1.25 bits per heavy atom. The molecule has 0 aliphatic heterocycles. The summed E-state index contributed by atoms with van der Waals surface area (Å²) in [5.41, 5.74) is 0.516. The second kappa shape index (κ2) is 7.72. The summed E-state index contributed by atoms with van der Waals surface area (Å²) in [7, 11) is 0. The number of amides is 1. The maximum Gasteiger partial charge on any atom is 0.224 e. The van der Waals surface area contributed by atoms with Gasteiger partial charge in [-0.1, -0.05) is 35.8 Å². The van der Waals surface area contributed by atoms with Crippen LogP contribution in [-0.2, 0) is 11.2 Å². The Bertz CT molecular complexity index is 453. The zero-order valence-corrected chi connectivity index (χ0v) is 13.4. The third-order valence-corrected chi connectivity index (χ3v) is 4.98. The molecule has 20 heavy (non-hydrogen) atoms. The smallest absolute Gasteiger partial charge is 0.224 e. The van der Waals surface area contributed by atoms with Crippen LogP contribution in [0.15, 0.2) is 18.2 Å². The molecule has 1 aromatic carbocycles. The number of rotatable bonds is 7. The number of nitrogens with one attached hydrogen (secondary N) is 1. The summed E-state index contributed by atoms with van der Waals surface area (Å²) >= 11 is 3.49. The van der Waals surface area contributed by atoms with E-state index in [2.05, 4.69) is 35.1 Å². The van der Waals surface area contributed by atoms with Crippen LogP contribution in [0.5, 0.6) is 0 Å². The van der Waals surface area contributed by atoms with Crippen LogP contribution in [0.2, 0.25) is 0 Å². The Morgan fingerprint density at radius 2 is 1.90 bits per heavy atom. The van der Waals surface area contributed by atoms with Crippen molar-refractivity contribution in [3.05, 3.63) is 35.4 Å². The molecule has 0 heterocycles. The lowest BCUT2D eigenvalue weighted by Gasteiger charge is -2.29. The SMILES string of the molecule is CCC(CC)(CBr)CNC(=O)Cc1ccc(F)c(F)c1. The predicted molar refractivity (Wildman–Crippen MR) is 79.9 cm³/mol. The van der Waals surface area contributed by atoms with Crippen molar-refractivity contribution in [1.82, 2.24) is 5.32 Å². The maximum absolute atomic E-state index is 13.1. The number of carbonyl (C=O) groups excluding carboxylic acids is 1. The molecule has 112 valence electrons. The number of halogens is 3. The van der Waals surface area contributed by atoms with Gasteiger partial charge in [0.25, 0.3) is 0 Å². The molecule has 0 saturated heterocycles. The fourth-order valence-electron chi connectivity index (χ4n) is 1.92. The van der Waals surface area contributed by atoms with E-state index in [-0.39, 0.29) is 17.7 Å². The third-order valence-electron chi connectivity index (χ3n) is 3.79. The standard InChI is InChI=1S/C15H20BrF2NO/c1-3-15(4-2,9-16)10-19-14(20)8-11-5-6-12(17)13(18)7-11/h5-7H,3-4,8-10H2,1-2H3,(H,19,20). The molecule has 0 atom stereocenters. The fraction of sp³-hybridized carbons (Fsp3) is 0.533. The molecular formula is C15H20BrF2NO. The summed E-state index contributed by atoms with van der Waals surface area (Å²) in [6.07, 6.45) is 1.98. The molecule has 0 aromatic heterocycles. The van der Waals surface area contributed by atoms with E-state index < -0.39 is 11.6 Å². The second-order valence-corrected chi connectivity index (χ2v) is 5.60. The van der Waals surface area contributed by atoms with E-state index in [1.54, 1.807) is 0 Å². The van der Waals surface area contributed by atoms with Gasteiger partial charge in [0, 0.05) is 11.9 Å². The molecule has 0 bridgehead atoms. The average molecular weight is 348 g/mol. The van der Waals surface area contributed by atoms with Crippen LogP contribution in [0.3, 0.4) is 0 Å². The normalized spacial score (nSPS) is 11.4. The molecular weight excluding hydrogens is 328 g/mol. The number of hydrogen-bond donors (Lipinski definition) is 1. The maximum atomic E-state index is 13.1. The molecule has 0 aliphatic rings. The van der Waals surface area contributed by atoms with E-state index in [0.717, 1.165) is 30.3 Å². The van der Waals surface area contributed by atoms with E-state index in [1.165, 1.54) is 6.07 Å². The van der Waals surface area contributed by atoms with Crippen molar-refractivity contribution < 1.29 is 13.6 Å². The summed E-state index contributed by atoms with van der Waals surface area (Å²) < 4.78 is 25.9. The summed E-state index contributed by atoms with van der Waals surface area (Å²) in [6.45, 7) is 4.76. The van der Waals surface area contributed by atoms with Crippen molar-refractivity contribution in [2.75, 3.05) is 11.9 Å². The van der Waals surface area contributed by atoms with Crippen molar-refractivity contribution >= 4 is 21.8 Å². The molecule has 1 N–H and O–H groups in total. The van der Waals surface area contributed by atoms with Crippen LogP contribution in [0.25, 0.3) is 0 Å². The first kappa shape index (κ1) is 17.1. The topological polar surface area (TPSA) is 29.1 Å². The molecule has 0 unspecified atom stereocenters. The lowest BCUT2D eigenvalue weighted by molar-refractivity contribution is -0.120. The molecule has 5 heteroatoms. The average Bonchev–Trinajstić information content (AvgIpc) is 2.45. The van der Waals surface area contributed by atoms with Crippen molar-refractivity contribution in [3.8, 4) is 0 Å². The van der Waals surface area contributed by atoms with Crippen LogP contribution in [0.1, 0.15) is 32.3 Å². The van der Waals surface area contributed by atoms with Crippen LogP contribution >= 0.6 is 15.9 Å². The predicted octanol–water partition coefficient (Wildman–Crippen LogP) is 3.82. The molecule has 0 radical (unpaired) electrons. The monoisotopic (exact) mass is 347 g/mol. The van der Waals surface area contributed by atoms with Crippen molar-refractivity contribution in [2.45, 2.75) is 33.1 Å². The number of hydrogen-bond acceptors (Lipinski definition) is 1. The van der Waals surface area contributed by atoms with Crippen LogP contribution in [-0.4, -0.2) is 17.8 Å². The first-order valence-electron chi connectivity index (χ1n) is 6.73. The number of carbonyl (C=O) groups is 1. The van der Waals surface area contributed by atoms with Gasteiger partial charge in [0.2, 0.25) is 5.91 Å². The third kappa shape index (κ3) is 4.54. The molecule has 0 aliphatic carbocycles. The quantitative estimate of drug-likeness (QED) is 0.746. The highest BCUT2D eigenvalue weighted by molar-refractivity contribution is 9.09. The fourth-order valence-corrected chi connectivity index (χ4v) is 2.91. The summed E-state index contributed by atoms with van der Waals surface area (Å²) in [5.74, 6) is -2.00. The number of benzene rings is 1. The van der Waals surface area contributed by atoms with Gasteiger partial charge in [-0.3, -0.25) is 4.79 Å². The van der Waals surface area contributed by atoms with E-state index in [0.29, 0.717) is 12.1 Å². The van der Waals surface area contributed by atoms with E-state index in [9.17, 15) is 13.6 Å². The largest absolute Gasteiger partial charge is 0.355 e. The lowest BCUT2D eigenvalue weighted by Crippen LogP contribution is -2.38. The minimum absolute atomic E-state index is 0.0453.